The van der Waals surface area contributed by atoms with Gasteiger partial charge in [0.1, 0.15) is 0 Å². The zero-order valence-corrected chi connectivity index (χ0v) is 10.8. The molecule has 0 aromatic carbocycles. The molecule has 1 unspecified atom stereocenters. The van der Waals surface area contributed by atoms with Crippen LogP contribution in [0, 0.1) is 5.92 Å². The summed E-state index contributed by atoms with van der Waals surface area (Å²) in [6.07, 6.45) is 15.5. The number of aliphatic hydroxyl groups excluding tert-OH is 1. The van der Waals surface area contributed by atoms with E-state index in [2.05, 4.69) is 23.1 Å². The first-order valence-electron chi connectivity index (χ1n) is 7.14. The number of nitrogens with zero attached hydrogens (tertiary/aromatic N) is 1. The van der Waals surface area contributed by atoms with Crippen molar-refractivity contribution in [3.63, 3.8) is 0 Å². The maximum atomic E-state index is 8.74. The summed E-state index contributed by atoms with van der Waals surface area (Å²) in [4.78, 5) is 2.59. The molecule has 1 N–H and O–H groups in total. The highest BCUT2D eigenvalue weighted by atomic mass is 16.2. The van der Waals surface area contributed by atoms with Gasteiger partial charge in [0.25, 0.3) is 0 Å². The maximum Gasteiger partial charge on any atom is 0.0431 e. The normalized spacial score (nSPS) is 23.5. The fourth-order valence-electron chi connectivity index (χ4n) is 2.96. The second kappa shape index (κ2) is 6.85. The van der Waals surface area contributed by atoms with E-state index in [1.54, 1.807) is 5.70 Å². The van der Waals surface area contributed by atoms with Gasteiger partial charge >= 0.3 is 0 Å². The van der Waals surface area contributed by atoms with E-state index in [0.29, 0.717) is 6.61 Å². The third kappa shape index (κ3) is 3.60. The Morgan fingerprint density at radius 1 is 1.24 bits per heavy atom. The van der Waals surface area contributed by atoms with E-state index in [0.717, 1.165) is 12.3 Å². The van der Waals surface area contributed by atoms with Crippen molar-refractivity contribution in [1.82, 2.24) is 4.90 Å². The number of allylic oxidation sites excluding steroid dienone is 4. The Kier molecular flexibility index (Phi) is 5.11. The molecule has 17 heavy (non-hydrogen) atoms. The molecule has 0 radical (unpaired) electrons. The van der Waals surface area contributed by atoms with Crippen LogP contribution in [0.25, 0.3) is 0 Å². The zero-order valence-electron chi connectivity index (χ0n) is 10.8. The smallest absolute Gasteiger partial charge is 0.0431 e. The molecule has 2 aliphatic rings. The predicted octanol–water partition coefficient (Wildman–Crippen LogP) is 3.09. The van der Waals surface area contributed by atoms with Gasteiger partial charge in [0, 0.05) is 31.3 Å². The van der Waals surface area contributed by atoms with Crippen molar-refractivity contribution in [1.29, 1.82) is 0 Å². The number of aliphatic hydroxyl groups is 1. The van der Waals surface area contributed by atoms with Crippen LogP contribution in [0.1, 0.15) is 44.9 Å². The van der Waals surface area contributed by atoms with E-state index >= 15 is 0 Å². The lowest BCUT2D eigenvalue weighted by atomic mass is 9.88. The summed E-state index contributed by atoms with van der Waals surface area (Å²) < 4.78 is 0. The lowest BCUT2D eigenvalue weighted by Gasteiger charge is -2.38. The van der Waals surface area contributed by atoms with Crippen LogP contribution in [0.5, 0.6) is 0 Å². The summed E-state index contributed by atoms with van der Waals surface area (Å²) in [5.41, 5.74) is 1.58. The van der Waals surface area contributed by atoms with E-state index in [1.807, 2.05) is 0 Å². The fourth-order valence-corrected chi connectivity index (χ4v) is 2.96. The van der Waals surface area contributed by atoms with Crippen molar-refractivity contribution >= 4 is 0 Å². The van der Waals surface area contributed by atoms with Crippen molar-refractivity contribution in [3.05, 3.63) is 23.9 Å². The van der Waals surface area contributed by atoms with Gasteiger partial charge in [-0.3, -0.25) is 0 Å². The first-order chi connectivity index (χ1) is 8.42. The van der Waals surface area contributed by atoms with Gasteiger partial charge in [-0.1, -0.05) is 25.0 Å². The summed E-state index contributed by atoms with van der Waals surface area (Å²) in [7, 11) is 0. The number of unbranched alkanes of at least 4 members (excludes halogenated alkanes) is 3. The highest BCUT2D eigenvalue weighted by Crippen LogP contribution is 2.32. The summed E-state index contributed by atoms with van der Waals surface area (Å²) >= 11 is 0. The van der Waals surface area contributed by atoms with Crippen molar-refractivity contribution in [2.45, 2.75) is 44.9 Å². The highest BCUT2D eigenvalue weighted by Gasteiger charge is 2.24. The topological polar surface area (TPSA) is 23.5 Å². The Bertz CT molecular complexity index is 283. The molecule has 0 saturated carbocycles. The number of hydrogen-bond acceptors (Lipinski definition) is 2. The second-order valence-corrected chi connectivity index (χ2v) is 5.22. The molecule has 0 spiro atoms. The molecular formula is C15H25NO. The number of hydrogen-bond donors (Lipinski definition) is 1. The molecular weight excluding hydrogens is 210 g/mol. The van der Waals surface area contributed by atoms with Crippen molar-refractivity contribution in [2.75, 3.05) is 19.7 Å². The Morgan fingerprint density at radius 2 is 2.12 bits per heavy atom. The molecule has 0 aromatic rings. The van der Waals surface area contributed by atoms with Crippen molar-refractivity contribution in [3.8, 4) is 0 Å². The van der Waals surface area contributed by atoms with Crippen LogP contribution >= 0.6 is 0 Å². The van der Waals surface area contributed by atoms with Gasteiger partial charge in [0.05, 0.1) is 0 Å². The van der Waals surface area contributed by atoms with E-state index in [1.165, 1.54) is 51.6 Å². The van der Waals surface area contributed by atoms with Crippen molar-refractivity contribution in [2.24, 2.45) is 5.92 Å². The number of likely N-dealkylation sites (tertiary alicyclic amines) is 1. The predicted molar refractivity (Wildman–Crippen MR) is 71.7 cm³/mol. The van der Waals surface area contributed by atoms with Gasteiger partial charge in [-0.15, -0.1) is 0 Å². The second-order valence-electron chi connectivity index (χ2n) is 5.22. The maximum absolute atomic E-state index is 8.74. The fraction of sp³-hybridized carbons (Fsp3) is 0.733. The molecule has 2 rings (SSSR count). The Labute approximate surface area is 105 Å². The van der Waals surface area contributed by atoms with Gasteiger partial charge in [0.15, 0.2) is 0 Å². The molecule has 96 valence electrons. The minimum Gasteiger partial charge on any atom is -0.396 e. The molecule has 2 heteroatoms. The standard InChI is InChI=1S/C15H25NO/c17-13-6-2-1-5-11-16-12-7-9-14-8-3-4-10-15(14)16/h3-4,10,14,17H,1-2,5-9,11-13H2. The molecule has 0 amide bonds. The summed E-state index contributed by atoms with van der Waals surface area (Å²) in [5.74, 6) is 0.797. The monoisotopic (exact) mass is 235 g/mol. The van der Waals surface area contributed by atoms with Gasteiger partial charge in [0.2, 0.25) is 0 Å². The molecule has 1 aliphatic heterocycles. The molecule has 0 aromatic heterocycles. The highest BCUT2D eigenvalue weighted by molar-refractivity contribution is 5.21. The Hall–Kier alpha value is -0.760. The molecule has 1 heterocycles. The van der Waals surface area contributed by atoms with E-state index in [4.69, 9.17) is 5.11 Å². The van der Waals surface area contributed by atoms with Crippen LogP contribution in [-0.4, -0.2) is 29.7 Å². The summed E-state index contributed by atoms with van der Waals surface area (Å²) in [5, 5.41) is 8.74. The first kappa shape index (κ1) is 12.7. The molecule has 2 nitrogen and oxygen atoms in total. The van der Waals surface area contributed by atoms with Crippen LogP contribution in [0.3, 0.4) is 0 Å². The lowest BCUT2D eigenvalue weighted by molar-refractivity contribution is 0.233. The number of rotatable bonds is 6. The van der Waals surface area contributed by atoms with Crippen LogP contribution < -0.4 is 0 Å². The minimum absolute atomic E-state index is 0.349. The molecule has 1 saturated heterocycles. The lowest BCUT2D eigenvalue weighted by Crippen LogP contribution is -2.34. The molecule has 1 aliphatic carbocycles. The largest absolute Gasteiger partial charge is 0.396 e. The van der Waals surface area contributed by atoms with Crippen LogP contribution in [0.2, 0.25) is 0 Å². The van der Waals surface area contributed by atoms with Crippen LogP contribution in [0.15, 0.2) is 23.9 Å². The third-order valence-corrected chi connectivity index (χ3v) is 3.92. The Morgan fingerprint density at radius 3 is 3.00 bits per heavy atom. The Balaban J connectivity index is 1.75. The van der Waals surface area contributed by atoms with Gasteiger partial charge < -0.3 is 10.0 Å². The minimum atomic E-state index is 0.349. The van der Waals surface area contributed by atoms with Gasteiger partial charge in [-0.2, -0.15) is 0 Å². The van der Waals surface area contributed by atoms with Crippen LogP contribution in [0.4, 0.5) is 0 Å². The molecule has 1 atom stereocenters. The van der Waals surface area contributed by atoms with E-state index < -0.39 is 0 Å². The zero-order chi connectivity index (χ0) is 11.9. The number of piperidine rings is 1. The first-order valence-corrected chi connectivity index (χ1v) is 7.14. The van der Waals surface area contributed by atoms with Gasteiger partial charge in [-0.05, 0) is 38.2 Å². The van der Waals surface area contributed by atoms with Gasteiger partial charge in [-0.25, -0.2) is 0 Å². The summed E-state index contributed by atoms with van der Waals surface area (Å²) in [6, 6.07) is 0. The van der Waals surface area contributed by atoms with Crippen molar-refractivity contribution < 1.29 is 5.11 Å². The SMILES string of the molecule is OCCCCCCN1CCCC2CC=CC=C21. The summed E-state index contributed by atoms with van der Waals surface area (Å²) in [6.45, 7) is 2.81. The van der Waals surface area contributed by atoms with Crippen LogP contribution in [-0.2, 0) is 0 Å². The molecule has 0 bridgehead atoms. The van der Waals surface area contributed by atoms with E-state index in [-0.39, 0.29) is 0 Å². The molecule has 1 fully saturated rings. The average molecular weight is 235 g/mol. The average Bonchev–Trinajstić information content (AvgIpc) is 2.39. The third-order valence-electron chi connectivity index (χ3n) is 3.92. The van der Waals surface area contributed by atoms with E-state index in [9.17, 15) is 0 Å². The number of fused-ring (bicyclic) bond motifs is 1. The quantitative estimate of drug-likeness (QED) is 0.715.